The van der Waals surface area contributed by atoms with Crippen molar-refractivity contribution in [3.63, 3.8) is 0 Å². The second-order valence-corrected chi connectivity index (χ2v) is 8.32. The zero-order valence-corrected chi connectivity index (χ0v) is 16.9. The Bertz CT molecular complexity index is 892. The van der Waals surface area contributed by atoms with Crippen molar-refractivity contribution >= 4 is 18.4 Å². The number of thiol groups is 1. The zero-order chi connectivity index (χ0) is 19.7. The first-order valence-electron chi connectivity index (χ1n) is 9.79. The molecule has 2 aromatic rings. The summed E-state index contributed by atoms with van der Waals surface area (Å²) >= 11 is 4.73. The van der Waals surface area contributed by atoms with Crippen molar-refractivity contribution in [1.29, 1.82) is 0 Å². The van der Waals surface area contributed by atoms with Gasteiger partial charge in [-0.25, -0.2) is 4.39 Å². The van der Waals surface area contributed by atoms with Crippen molar-refractivity contribution in [3.8, 4) is 0 Å². The Morgan fingerprint density at radius 2 is 2.14 bits per heavy atom. The minimum absolute atomic E-state index is 0.0713. The van der Waals surface area contributed by atoms with Gasteiger partial charge in [-0.15, -0.1) is 0 Å². The number of Topliss-reactive ketones (excluding diaryl/α,β-unsaturated/α-hetero) is 1. The predicted octanol–water partition coefficient (Wildman–Crippen LogP) is 3.38. The van der Waals surface area contributed by atoms with Crippen LogP contribution in [0.15, 0.2) is 42.1 Å². The number of benzene rings is 1. The van der Waals surface area contributed by atoms with Gasteiger partial charge in [0.05, 0.1) is 24.5 Å². The van der Waals surface area contributed by atoms with Crippen molar-refractivity contribution in [2.24, 2.45) is 5.92 Å². The molecule has 2 fully saturated rings. The van der Waals surface area contributed by atoms with E-state index in [0.29, 0.717) is 18.7 Å². The van der Waals surface area contributed by atoms with Crippen LogP contribution >= 0.6 is 12.6 Å². The van der Waals surface area contributed by atoms with Crippen molar-refractivity contribution in [2.75, 3.05) is 13.1 Å². The van der Waals surface area contributed by atoms with Gasteiger partial charge in [0, 0.05) is 29.8 Å². The molecule has 1 aliphatic carbocycles. The van der Waals surface area contributed by atoms with E-state index in [0.717, 1.165) is 37.1 Å². The summed E-state index contributed by atoms with van der Waals surface area (Å²) in [7, 11) is 0. The van der Waals surface area contributed by atoms with Crippen LogP contribution in [0, 0.1) is 18.7 Å². The monoisotopic (exact) mass is 400 g/mol. The number of rotatable bonds is 6. The minimum Gasteiger partial charge on any atom is -0.297 e. The second-order valence-electron chi connectivity index (χ2n) is 7.70. The van der Waals surface area contributed by atoms with Crippen LogP contribution in [-0.4, -0.2) is 44.0 Å². The third-order valence-corrected chi connectivity index (χ3v) is 6.08. The number of carbonyl (C=O) groups is 1. The minimum atomic E-state index is -0.525. The molecule has 0 N–H and O–H groups in total. The van der Waals surface area contributed by atoms with E-state index in [4.69, 9.17) is 12.6 Å². The van der Waals surface area contributed by atoms with Crippen molar-refractivity contribution < 1.29 is 9.18 Å². The molecule has 1 saturated carbocycles. The molecule has 28 heavy (non-hydrogen) atoms. The molecular formula is C21H25FN4OS. The van der Waals surface area contributed by atoms with Gasteiger partial charge >= 0.3 is 0 Å². The van der Waals surface area contributed by atoms with Crippen LogP contribution < -0.4 is 0 Å². The lowest BCUT2D eigenvalue weighted by Crippen LogP contribution is -2.42. The molecule has 2 atom stereocenters. The van der Waals surface area contributed by atoms with E-state index in [1.54, 1.807) is 29.2 Å². The Balaban J connectivity index is 1.58. The Hall–Kier alpha value is -1.99. The molecule has 1 aromatic carbocycles. The topological polar surface area (TPSA) is 51.0 Å². The number of ketones is 1. The molecular weight excluding hydrogens is 375 g/mol. The second kappa shape index (κ2) is 8.17. The van der Waals surface area contributed by atoms with Crippen LogP contribution in [0.3, 0.4) is 0 Å². The summed E-state index contributed by atoms with van der Waals surface area (Å²) in [5.74, 6) is -0.0929. The Morgan fingerprint density at radius 1 is 1.36 bits per heavy atom. The summed E-state index contributed by atoms with van der Waals surface area (Å²) in [4.78, 5) is 16.8. The number of likely N-dealkylation sites (tertiary alicyclic amines) is 1. The third kappa shape index (κ3) is 4.20. The molecule has 4 rings (SSSR count). The molecule has 5 nitrogen and oxygen atoms in total. The van der Waals surface area contributed by atoms with E-state index in [2.05, 4.69) is 21.2 Å². The summed E-state index contributed by atoms with van der Waals surface area (Å²) in [6.07, 6.45) is 6.47. The van der Waals surface area contributed by atoms with Gasteiger partial charge < -0.3 is 0 Å². The Morgan fingerprint density at radius 3 is 2.82 bits per heavy atom. The van der Waals surface area contributed by atoms with E-state index in [-0.39, 0.29) is 22.8 Å². The van der Waals surface area contributed by atoms with Crippen LogP contribution in [0.5, 0.6) is 0 Å². The van der Waals surface area contributed by atoms with E-state index in [1.807, 2.05) is 6.92 Å². The number of aryl methyl sites for hydroxylation is 1. The van der Waals surface area contributed by atoms with Gasteiger partial charge in [0.1, 0.15) is 5.82 Å². The number of allylic oxidation sites excluding steroid dienone is 1. The fraction of sp³-hybridized carbons (Fsp3) is 0.476. The molecule has 7 heteroatoms. The number of halogens is 1. The first-order valence-corrected chi connectivity index (χ1v) is 10.3. The summed E-state index contributed by atoms with van der Waals surface area (Å²) in [6.45, 7) is 3.80. The summed E-state index contributed by atoms with van der Waals surface area (Å²) in [6, 6.07) is 6.13. The van der Waals surface area contributed by atoms with E-state index >= 15 is 0 Å². The van der Waals surface area contributed by atoms with Gasteiger partial charge in [-0.05, 0) is 37.8 Å². The molecule has 1 aliphatic heterocycles. The number of hydrogen-bond donors (Lipinski definition) is 1. The van der Waals surface area contributed by atoms with Crippen LogP contribution in [0.4, 0.5) is 4.39 Å². The molecule has 0 radical (unpaired) electrons. The zero-order valence-electron chi connectivity index (χ0n) is 16.0. The van der Waals surface area contributed by atoms with Crippen molar-refractivity contribution in [3.05, 3.63) is 59.2 Å². The van der Waals surface area contributed by atoms with E-state index < -0.39 is 6.04 Å². The molecule has 1 aromatic heterocycles. The quantitative estimate of drug-likeness (QED) is 0.597. The van der Waals surface area contributed by atoms with Crippen LogP contribution in [-0.2, 0) is 11.3 Å². The van der Waals surface area contributed by atoms with E-state index in [9.17, 15) is 9.18 Å². The average molecular weight is 401 g/mol. The highest BCUT2D eigenvalue weighted by Crippen LogP contribution is 2.39. The fourth-order valence-electron chi connectivity index (χ4n) is 3.80. The van der Waals surface area contributed by atoms with Gasteiger partial charge in [-0.1, -0.05) is 24.3 Å². The van der Waals surface area contributed by atoms with E-state index in [1.165, 1.54) is 6.07 Å². The largest absolute Gasteiger partial charge is 0.297 e. The number of piperidine rings is 1. The van der Waals surface area contributed by atoms with Gasteiger partial charge in [0.15, 0.2) is 5.78 Å². The Labute approximate surface area is 170 Å². The molecule has 0 bridgehead atoms. The summed E-state index contributed by atoms with van der Waals surface area (Å²) in [5.41, 5.74) is 2.50. The van der Waals surface area contributed by atoms with Crippen LogP contribution in [0.1, 0.15) is 36.6 Å². The van der Waals surface area contributed by atoms with Crippen molar-refractivity contribution in [1.82, 2.24) is 19.9 Å². The summed E-state index contributed by atoms with van der Waals surface area (Å²) in [5, 5.41) is 8.66. The molecule has 0 spiro atoms. The molecule has 1 saturated heterocycles. The first-order chi connectivity index (χ1) is 13.5. The highest BCUT2D eigenvalue weighted by molar-refractivity contribution is 7.81. The highest BCUT2D eigenvalue weighted by atomic mass is 32.1. The fourth-order valence-corrected chi connectivity index (χ4v) is 4.10. The average Bonchev–Trinajstić information content (AvgIpc) is 3.45. The first kappa shape index (κ1) is 19.3. The molecule has 148 valence electrons. The normalized spacial score (nSPS) is 23.1. The van der Waals surface area contributed by atoms with Gasteiger partial charge in [-0.2, -0.15) is 27.6 Å². The van der Waals surface area contributed by atoms with Crippen molar-refractivity contribution in [2.45, 2.75) is 44.0 Å². The molecule has 2 heterocycles. The van der Waals surface area contributed by atoms with Gasteiger partial charge in [-0.3, -0.25) is 9.69 Å². The highest BCUT2D eigenvalue weighted by Gasteiger charge is 2.40. The maximum absolute atomic E-state index is 14.6. The maximum atomic E-state index is 14.6. The predicted molar refractivity (Wildman–Crippen MR) is 109 cm³/mol. The smallest absolute Gasteiger partial charge is 0.157 e. The lowest BCUT2D eigenvalue weighted by Gasteiger charge is -2.37. The SMILES string of the molecule is Cc1cnn(C/C=C2\CN(C(C(=O)C3CC3)c3ccccc3F)CCC2S)n1. The maximum Gasteiger partial charge on any atom is 0.157 e. The van der Waals surface area contributed by atoms with Crippen LogP contribution in [0.2, 0.25) is 0 Å². The number of hydrogen-bond acceptors (Lipinski definition) is 5. The van der Waals surface area contributed by atoms with Crippen LogP contribution in [0.25, 0.3) is 0 Å². The lowest BCUT2D eigenvalue weighted by atomic mass is 9.93. The summed E-state index contributed by atoms with van der Waals surface area (Å²) < 4.78 is 14.6. The van der Waals surface area contributed by atoms with Gasteiger partial charge in [0.2, 0.25) is 0 Å². The number of aromatic nitrogens is 3. The Kier molecular flexibility index (Phi) is 5.64. The third-order valence-electron chi connectivity index (χ3n) is 5.49. The number of carbonyl (C=O) groups excluding carboxylic acids is 1. The molecule has 2 unspecified atom stereocenters. The molecule has 0 amide bonds. The standard InChI is InChI=1S/C21H25FN4OS/c1-14-12-23-26(24-14)11-8-16-13-25(10-9-19(16)28)20(21(27)15-6-7-15)17-4-2-3-5-18(17)22/h2-5,8,12,15,19-20,28H,6-7,9-11,13H2,1H3/b16-8+. The molecule has 2 aliphatic rings. The van der Waals surface area contributed by atoms with Gasteiger partial charge in [0.25, 0.3) is 0 Å². The lowest BCUT2D eigenvalue weighted by molar-refractivity contribution is -0.126. The number of nitrogens with zero attached hydrogens (tertiary/aromatic N) is 4.